The van der Waals surface area contributed by atoms with E-state index < -0.39 is 22.1 Å². The fraction of sp³-hybridized carbons (Fsp3) is 0.0952. The average molecular weight is 422 g/mol. The molecule has 1 aliphatic rings. The lowest BCUT2D eigenvalue weighted by Gasteiger charge is -2.23. The summed E-state index contributed by atoms with van der Waals surface area (Å²) in [5.74, 6) is 0.773. The van der Waals surface area contributed by atoms with Gasteiger partial charge in [-0.25, -0.2) is 8.51 Å². The number of nitro groups is 1. The molecule has 0 aliphatic carbocycles. The van der Waals surface area contributed by atoms with E-state index >= 15 is 0 Å². The number of hydrogen-bond donors (Lipinski definition) is 1. The van der Waals surface area contributed by atoms with Crippen molar-refractivity contribution < 1.29 is 13.9 Å². The number of rotatable bonds is 5. The number of amidine groups is 1. The Labute approximate surface area is 175 Å². The van der Waals surface area contributed by atoms with Gasteiger partial charge in [0.05, 0.1) is 23.4 Å². The van der Waals surface area contributed by atoms with Gasteiger partial charge < -0.3 is 4.74 Å². The zero-order valence-corrected chi connectivity index (χ0v) is 16.8. The van der Waals surface area contributed by atoms with E-state index in [1.807, 2.05) is 18.2 Å². The Bertz CT molecular complexity index is 1100. The van der Waals surface area contributed by atoms with Crippen molar-refractivity contribution in [3.63, 3.8) is 0 Å². The maximum Gasteiger partial charge on any atom is 0.269 e. The number of benzene rings is 3. The molecule has 1 saturated heterocycles. The van der Waals surface area contributed by atoms with Crippen LogP contribution in [0.2, 0.25) is 0 Å². The van der Waals surface area contributed by atoms with Crippen LogP contribution in [-0.2, 0) is 11.2 Å². The molecule has 1 N–H and O–H groups in total. The second-order valence-corrected chi connectivity index (χ2v) is 7.74. The number of methoxy groups -OCH3 is 1. The first kappa shape index (κ1) is 19.6. The number of nitrogens with zero attached hydrogens (tertiary/aromatic N) is 3. The quantitative estimate of drug-likeness (QED) is 0.491. The van der Waals surface area contributed by atoms with Crippen molar-refractivity contribution in [1.29, 1.82) is 5.41 Å². The van der Waals surface area contributed by atoms with Gasteiger partial charge in [0.25, 0.3) is 5.69 Å². The van der Waals surface area contributed by atoms with Gasteiger partial charge in [-0.2, -0.15) is 0 Å². The molecule has 3 aromatic rings. The molecule has 0 bridgehead atoms. The Kier molecular flexibility index (Phi) is 5.20. The van der Waals surface area contributed by atoms with Crippen LogP contribution in [0.4, 0.5) is 17.1 Å². The minimum Gasteiger partial charge on any atom is -0.497 e. The molecule has 0 aromatic heterocycles. The topological polar surface area (TPSA) is 99.8 Å². The second-order valence-electron chi connectivity index (χ2n) is 6.52. The summed E-state index contributed by atoms with van der Waals surface area (Å²) in [7, 11) is 1.56. The number of ether oxygens (including phenoxy) is 1. The van der Waals surface area contributed by atoms with Crippen LogP contribution in [-0.4, -0.2) is 22.1 Å². The number of nitro benzene ring substituents is 1. The first-order valence-corrected chi connectivity index (χ1v) is 10.1. The van der Waals surface area contributed by atoms with E-state index in [0.29, 0.717) is 22.7 Å². The number of anilines is 2. The van der Waals surface area contributed by atoms with Gasteiger partial charge in [-0.1, -0.05) is 18.2 Å². The molecule has 152 valence electrons. The Balaban J connectivity index is 1.81. The summed E-state index contributed by atoms with van der Waals surface area (Å²) in [6.45, 7) is 0. The highest BCUT2D eigenvalue weighted by atomic mass is 32.2. The maximum atomic E-state index is 13.5. The van der Waals surface area contributed by atoms with Gasteiger partial charge in [-0.15, -0.1) is 0 Å². The molecule has 1 aliphatic heterocycles. The van der Waals surface area contributed by atoms with E-state index in [0.717, 1.165) is 0 Å². The molecular weight excluding hydrogens is 404 g/mol. The summed E-state index contributed by atoms with van der Waals surface area (Å²) in [6, 6.07) is 21.4. The minimum absolute atomic E-state index is 0.0414. The number of non-ortho nitro benzene ring substituents is 1. The summed E-state index contributed by atoms with van der Waals surface area (Å²) in [6.07, 6.45) is 0. The van der Waals surface area contributed by atoms with E-state index in [-0.39, 0.29) is 11.5 Å². The summed E-state index contributed by atoms with van der Waals surface area (Å²) in [5.41, 5.74) is 1.86. The van der Waals surface area contributed by atoms with E-state index in [1.165, 1.54) is 16.4 Å². The van der Waals surface area contributed by atoms with Crippen molar-refractivity contribution in [3.8, 4) is 5.75 Å². The van der Waals surface area contributed by atoms with Crippen molar-refractivity contribution >= 4 is 34.1 Å². The molecule has 0 radical (unpaired) electrons. The maximum absolute atomic E-state index is 13.5. The highest BCUT2D eigenvalue weighted by Gasteiger charge is 2.44. The third-order valence-corrected chi connectivity index (χ3v) is 6.25. The van der Waals surface area contributed by atoms with Crippen LogP contribution in [0.1, 0.15) is 11.6 Å². The van der Waals surface area contributed by atoms with Gasteiger partial charge in [0, 0.05) is 12.1 Å². The second kappa shape index (κ2) is 7.96. The molecule has 30 heavy (non-hydrogen) atoms. The van der Waals surface area contributed by atoms with Gasteiger partial charge in [0.2, 0.25) is 11.2 Å². The molecule has 9 heteroatoms. The van der Waals surface area contributed by atoms with Crippen LogP contribution in [0, 0.1) is 15.5 Å². The van der Waals surface area contributed by atoms with Crippen LogP contribution in [0.5, 0.6) is 5.75 Å². The molecule has 2 atom stereocenters. The van der Waals surface area contributed by atoms with Gasteiger partial charge in [-0.3, -0.25) is 19.8 Å². The van der Waals surface area contributed by atoms with Crippen molar-refractivity contribution in [2.24, 2.45) is 0 Å². The van der Waals surface area contributed by atoms with E-state index in [9.17, 15) is 14.3 Å². The molecule has 8 nitrogen and oxygen atoms in total. The van der Waals surface area contributed by atoms with Crippen molar-refractivity contribution in [3.05, 3.63) is 94.5 Å². The first-order valence-electron chi connectivity index (χ1n) is 9.04. The van der Waals surface area contributed by atoms with Crippen molar-refractivity contribution in [2.45, 2.75) is 6.04 Å². The minimum atomic E-state index is -1.72. The number of nitrogens with one attached hydrogen (secondary N) is 1. The highest BCUT2D eigenvalue weighted by Crippen LogP contribution is 2.40. The van der Waals surface area contributed by atoms with Crippen LogP contribution >= 0.6 is 0 Å². The van der Waals surface area contributed by atoms with Crippen molar-refractivity contribution in [1.82, 2.24) is 0 Å². The Morgan fingerprint density at radius 2 is 1.60 bits per heavy atom. The lowest BCUT2D eigenvalue weighted by atomic mass is 10.0. The molecular formula is C21H18N4O4S. The molecule has 1 fully saturated rings. The predicted octanol–water partition coefficient (Wildman–Crippen LogP) is 4.23. The van der Waals surface area contributed by atoms with Crippen LogP contribution in [0.15, 0.2) is 78.9 Å². The first-order chi connectivity index (χ1) is 14.5. The molecule has 3 aromatic carbocycles. The lowest BCUT2D eigenvalue weighted by molar-refractivity contribution is -0.384. The fourth-order valence-corrected chi connectivity index (χ4v) is 4.77. The Morgan fingerprint density at radius 1 is 0.967 bits per heavy atom. The average Bonchev–Trinajstić information content (AvgIpc) is 3.04. The van der Waals surface area contributed by atoms with Crippen LogP contribution in [0.3, 0.4) is 0 Å². The standard InChI is InChI=1S/C21H18N4O4S/c1-29-19-13-11-17(12-14-19)23-20(15-7-9-18(10-8-15)25(26)27)21(22)24(30(23)28)16-5-3-2-4-6-16/h2-14,20,22H,1H3. The lowest BCUT2D eigenvalue weighted by Crippen LogP contribution is -2.27. The SMILES string of the molecule is COc1ccc(N2C(c3ccc([N+](=O)[O-])cc3)C(=N)N(c3ccccc3)S2=O)cc1. The third-order valence-electron chi connectivity index (χ3n) is 4.77. The molecule has 1 heterocycles. The molecule has 0 amide bonds. The Hall–Kier alpha value is -3.72. The third kappa shape index (κ3) is 3.39. The Morgan fingerprint density at radius 3 is 2.17 bits per heavy atom. The number of hydrogen-bond acceptors (Lipinski definition) is 5. The molecule has 4 rings (SSSR count). The summed E-state index contributed by atoms with van der Waals surface area (Å²) >= 11 is -1.72. The number of para-hydroxylation sites is 1. The highest BCUT2D eigenvalue weighted by molar-refractivity contribution is 7.89. The monoisotopic (exact) mass is 422 g/mol. The van der Waals surface area contributed by atoms with Gasteiger partial charge in [0.15, 0.2) is 0 Å². The fourth-order valence-electron chi connectivity index (χ4n) is 3.32. The zero-order valence-electron chi connectivity index (χ0n) is 16.0. The van der Waals surface area contributed by atoms with Crippen molar-refractivity contribution in [2.75, 3.05) is 15.7 Å². The molecule has 2 unspecified atom stereocenters. The predicted molar refractivity (Wildman–Crippen MR) is 116 cm³/mol. The zero-order chi connectivity index (χ0) is 21.3. The van der Waals surface area contributed by atoms with Gasteiger partial charge in [-0.05, 0) is 54.1 Å². The van der Waals surface area contributed by atoms with Crippen LogP contribution < -0.4 is 13.3 Å². The normalized spacial score (nSPS) is 18.5. The largest absolute Gasteiger partial charge is 0.497 e. The summed E-state index contributed by atoms with van der Waals surface area (Å²) in [4.78, 5) is 10.5. The van der Waals surface area contributed by atoms with Gasteiger partial charge in [0.1, 0.15) is 17.6 Å². The van der Waals surface area contributed by atoms with E-state index in [1.54, 1.807) is 59.9 Å². The van der Waals surface area contributed by atoms with Crippen LogP contribution in [0.25, 0.3) is 0 Å². The summed E-state index contributed by atoms with van der Waals surface area (Å²) < 4.78 is 21.8. The summed E-state index contributed by atoms with van der Waals surface area (Å²) in [5, 5.41) is 19.8. The van der Waals surface area contributed by atoms with E-state index in [4.69, 9.17) is 10.1 Å². The smallest absolute Gasteiger partial charge is 0.269 e. The molecule has 0 spiro atoms. The van der Waals surface area contributed by atoms with Gasteiger partial charge >= 0.3 is 0 Å². The molecule has 0 saturated carbocycles. The van der Waals surface area contributed by atoms with E-state index in [2.05, 4.69) is 0 Å².